The van der Waals surface area contributed by atoms with Gasteiger partial charge in [-0.3, -0.25) is 4.79 Å². The molecule has 1 atom stereocenters. The predicted molar refractivity (Wildman–Crippen MR) is 80.4 cm³/mol. The Morgan fingerprint density at radius 3 is 3.25 bits per heavy atom. The first-order chi connectivity index (χ1) is 9.76. The lowest BCUT2D eigenvalue weighted by atomic mass is 10.1. The molecule has 0 radical (unpaired) electrons. The van der Waals surface area contributed by atoms with E-state index in [-0.39, 0.29) is 11.8 Å². The van der Waals surface area contributed by atoms with E-state index in [4.69, 9.17) is 4.74 Å². The topological polar surface area (TPSA) is 63.2 Å². The molecule has 5 nitrogen and oxygen atoms in total. The number of benzene rings is 1. The van der Waals surface area contributed by atoms with Crippen LogP contribution in [0.2, 0.25) is 0 Å². The normalized spacial score (nSPS) is 18.4. The molecule has 1 aromatic carbocycles. The Bertz CT molecular complexity index is 620. The lowest BCUT2D eigenvalue weighted by Gasteiger charge is -2.06. The molecule has 1 aliphatic heterocycles. The maximum atomic E-state index is 12.1. The van der Waals surface area contributed by atoms with Crippen molar-refractivity contribution in [1.82, 2.24) is 10.3 Å². The number of hydrogen-bond donors (Lipinski definition) is 2. The molecule has 0 bridgehead atoms. The van der Waals surface area contributed by atoms with E-state index in [0.29, 0.717) is 11.7 Å². The van der Waals surface area contributed by atoms with Crippen LogP contribution in [0.1, 0.15) is 13.3 Å². The van der Waals surface area contributed by atoms with E-state index >= 15 is 0 Å². The van der Waals surface area contributed by atoms with Gasteiger partial charge in [-0.2, -0.15) is 0 Å². The predicted octanol–water partition coefficient (Wildman–Crippen LogP) is 2.24. The van der Waals surface area contributed by atoms with E-state index in [0.717, 1.165) is 35.5 Å². The molecule has 1 saturated heterocycles. The van der Waals surface area contributed by atoms with Gasteiger partial charge in [0.25, 0.3) is 0 Å². The number of rotatable bonds is 4. The first-order valence-electron chi connectivity index (χ1n) is 6.81. The summed E-state index contributed by atoms with van der Waals surface area (Å²) in [5.74, 6) is 0.946. The van der Waals surface area contributed by atoms with E-state index in [1.807, 2.05) is 25.1 Å². The molecule has 0 saturated carbocycles. The van der Waals surface area contributed by atoms with E-state index in [1.165, 1.54) is 11.3 Å². The van der Waals surface area contributed by atoms with Crippen LogP contribution in [0.15, 0.2) is 18.2 Å². The molecule has 106 valence electrons. The van der Waals surface area contributed by atoms with Crippen molar-refractivity contribution in [2.45, 2.75) is 13.3 Å². The lowest BCUT2D eigenvalue weighted by molar-refractivity contribution is -0.119. The highest BCUT2D eigenvalue weighted by atomic mass is 32.1. The SMILES string of the molecule is CCOc1ccc2nc(NC(=O)C3CCNC3)sc2c1. The largest absolute Gasteiger partial charge is 0.494 e. The smallest absolute Gasteiger partial charge is 0.230 e. The fourth-order valence-corrected chi connectivity index (χ4v) is 3.20. The lowest BCUT2D eigenvalue weighted by Crippen LogP contribution is -2.24. The quantitative estimate of drug-likeness (QED) is 0.907. The Labute approximate surface area is 121 Å². The van der Waals surface area contributed by atoms with Crippen LogP contribution in [0.25, 0.3) is 10.2 Å². The Kier molecular flexibility index (Phi) is 3.84. The zero-order chi connectivity index (χ0) is 13.9. The summed E-state index contributed by atoms with van der Waals surface area (Å²) in [5.41, 5.74) is 0.887. The van der Waals surface area contributed by atoms with Gasteiger partial charge in [-0.05, 0) is 38.1 Å². The van der Waals surface area contributed by atoms with Crippen molar-refractivity contribution in [1.29, 1.82) is 0 Å². The van der Waals surface area contributed by atoms with Crippen LogP contribution < -0.4 is 15.4 Å². The summed E-state index contributed by atoms with van der Waals surface area (Å²) in [7, 11) is 0. The van der Waals surface area contributed by atoms with Gasteiger partial charge < -0.3 is 15.4 Å². The molecule has 1 unspecified atom stereocenters. The van der Waals surface area contributed by atoms with Crippen LogP contribution in [-0.2, 0) is 4.79 Å². The van der Waals surface area contributed by atoms with Crippen molar-refractivity contribution in [3.63, 3.8) is 0 Å². The number of aromatic nitrogens is 1. The number of anilines is 1. The number of thiazole rings is 1. The molecule has 1 amide bonds. The monoisotopic (exact) mass is 291 g/mol. The van der Waals surface area contributed by atoms with Gasteiger partial charge in [0.15, 0.2) is 5.13 Å². The van der Waals surface area contributed by atoms with E-state index in [2.05, 4.69) is 15.6 Å². The molecule has 2 heterocycles. The summed E-state index contributed by atoms with van der Waals surface area (Å²) >= 11 is 1.48. The fraction of sp³-hybridized carbons (Fsp3) is 0.429. The molecule has 2 aromatic rings. The number of nitrogens with zero attached hydrogens (tertiary/aromatic N) is 1. The van der Waals surface area contributed by atoms with Gasteiger partial charge in [0.05, 0.1) is 22.7 Å². The third-order valence-electron chi connectivity index (χ3n) is 3.33. The van der Waals surface area contributed by atoms with E-state index in [1.54, 1.807) is 0 Å². The first kappa shape index (κ1) is 13.3. The van der Waals surface area contributed by atoms with Gasteiger partial charge in [0, 0.05) is 6.54 Å². The van der Waals surface area contributed by atoms with Gasteiger partial charge >= 0.3 is 0 Å². The van der Waals surface area contributed by atoms with Crippen molar-refractivity contribution in [3.8, 4) is 5.75 Å². The maximum Gasteiger partial charge on any atom is 0.230 e. The number of carbonyl (C=O) groups excluding carboxylic acids is 1. The van der Waals surface area contributed by atoms with Crippen molar-refractivity contribution < 1.29 is 9.53 Å². The highest BCUT2D eigenvalue weighted by Crippen LogP contribution is 2.29. The second kappa shape index (κ2) is 5.76. The highest BCUT2D eigenvalue weighted by molar-refractivity contribution is 7.22. The van der Waals surface area contributed by atoms with E-state index in [9.17, 15) is 4.79 Å². The zero-order valence-electron chi connectivity index (χ0n) is 11.3. The molecular formula is C14H17N3O2S. The Morgan fingerprint density at radius 2 is 2.50 bits per heavy atom. The third kappa shape index (κ3) is 2.76. The molecule has 1 fully saturated rings. The summed E-state index contributed by atoms with van der Waals surface area (Å²) in [6.07, 6.45) is 0.894. The van der Waals surface area contributed by atoms with E-state index < -0.39 is 0 Å². The van der Waals surface area contributed by atoms with Crippen LogP contribution in [-0.4, -0.2) is 30.6 Å². The molecule has 1 aromatic heterocycles. The summed E-state index contributed by atoms with van der Waals surface area (Å²) < 4.78 is 6.49. The minimum absolute atomic E-state index is 0.0547. The average molecular weight is 291 g/mol. The third-order valence-corrected chi connectivity index (χ3v) is 4.27. The number of hydrogen-bond acceptors (Lipinski definition) is 5. The van der Waals surface area contributed by atoms with Gasteiger partial charge in [-0.25, -0.2) is 4.98 Å². The van der Waals surface area contributed by atoms with Crippen molar-refractivity contribution in [2.24, 2.45) is 5.92 Å². The second-order valence-corrected chi connectivity index (χ2v) is 5.79. The zero-order valence-corrected chi connectivity index (χ0v) is 12.1. The van der Waals surface area contributed by atoms with Gasteiger partial charge in [-0.15, -0.1) is 0 Å². The number of carbonyl (C=O) groups is 1. The molecule has 20 heavy (non-hydrogen) atoms. The number of ether oxygens (including phenoxy) is 1. The fourth-order valence-electron chi connectivity index (χ4n) is 2.30. The maximum absolute atomic E-state index is 12.1. The number of fused-ring (bicyclic) bond motifs is 1. The molecule has 2 N–H and O–H groups in total. The standard InChI is InChI=1S/C14H17N3O2S/c1-2-19-10-3-4-11-12(7-10)20-14(16-11)17-13(18)9-5-6-15-8-9/h3-4,7,9,15H,2,5-6,8H2,1H3,(H,16,17,18). The molecule has 3 rings (SSSR count). The minimum Gasteiger partial charge on any atom is -0.494 e. The molecular weight excluding hydrogens is 274 g/mol. The Hall–Kier alpha value is -1.66. The number of amides is 1. The second-order valence-electron chi connectivity index (χ2n) is 4.76. The molecule has 1 aliphatic rings. The summed E-state index contributed by atoms with van der Waals surface area (Å²) in [5, 5.41) is 6.76. The minimum atomic E-state index is 0.0547. The van der Waals surface area contributed by atoms with Gasteiger partial charge in [0.1, 0.15) is 5.75 Å². The van der Waals surface area contributed by atoms with Gasteiger partial charge in [0.2, 0.25) is 5.91 Å². The van der Waals surface area contributed by atoms with Crippen LogP contribution in [0.3, 0.4) is 0 Å². The number of nitrogens with one attached hydrogen (secondary N) is 2. The van der Waals surface area contributed by atoms with Gasteiger partial charge in [-0.1, -0.05) is 11.3 Å². The molecule has 0 spiro atoms. The van der Waals surface area contributed by atoms with Crippen molar-refractivity contribution in [2.75, 3.05) is 25.0 Å². The van der Waals surface area contributed by atoms with Crippen LogP contribution >= 0.6 is 11.3 Å². The molecule has 0 aliphatic carbocycles. The van der Waals surface area contributed by atoms with Crippen LogP contribution in [0, 0.1) is 5.92 Å². The van der Waals surface area contributed by atoms with Crippen molar-refractivity contribution in [3.05, 3.63) is 18.2 Å². The average Bonchev–Trinajstić information content (AvgIpc) is 3.06. The summed E-state index contributed by atoms with van der Waals surface area (Å²) in [6, 6.07) is 5.78. The first-order valence-corrected chi connectivity index (χ1v) is 7.63. The Balaban J connectivity index is 1.76. The van der Waals surface area contributed by atoms with Crippen LogP contribution in [0.5, 0.6) is 5.75 Å². The Morgan fingerprint density at radius 1 is 1.60 bits per heavy atom. The van der Waals surface area contributed by atoms with Crippen molar-refractivity contribution >= 4 is 32.6 Å². The molecule has 6 heteroatoms. The summed E-state index contributed by atoms with van der Waals surface area (Å²) in [6.45, 7) is 4.27. The summed E-state index contributed by atoms with van der Waals surface area (Å²) in [4.78, 5) is 16.5. The highest BCUT2D eigenvalue weighted by Gasteiger charge is 2.23. The van der Waals surface area contributed by atoms with Crippen LogP contribution in [0.4, 0.5) is 5.13 Å².